The van der Waals surface area contributed by atoms with E-state index in [-0.39, 0.29) is 23.7 Å². The van der Waals surface area contributed by atoms with Crippen molar-refractivity contribution in [3.05, 3.63) is 23.2 Å². The van der Waals surface area contributed by atoms with Crippen LogP contribution in [0.3, 0.4) is 0 Å². The zero-order valence-corrected chi connectivity index (χ0v) is 10.8. The van der Waals surface area contributed by atoms with Crippen molar-refractivity contribution in [3.63, 3.8) is 0 Å². The first-order chi connectivity index (χ1) is 7.97. The van der Waals surface area contributed by atoms with Crippen LogP contribution in [0.2, 0.25) is 5.02 Å². The Hall–Kier alpha value is -0.820. The van der Waals surface area contributed by atoms with E-state index in [2.05, 4.69) is 4.72 Å². The summed E-state index contributed by atoms with van der Waals surface area (Å²) in [7, 11) is -3.60. The second-order valence-corrected chi connectivity index (χ2v) is 5.68. The molecule has 0 aliphatic heterocycles. The molecule has 0 aromatic heterocycles. The molecular formula is C10H15ClN2O3S. The van der Waals surface area contributed by atoms with E-state index in [1.54, 1.807) is 0 Å². The summed E-state index contributed by atoms with van der Waals surface area (Å²) in [5.41, 5.74) is 5.71. The van der Waals surface area contributed by atoms with Crippen molar-refractivity contribution in [3.8, 4) is 0 Å². The number of anilines is 1. The fourth-order valence-electron chi connectivity index (χ4n) is 1.29. The van der Waals surface area contributed by atoms with Gasteiger partial charge in [0.2, 0.25) is 10.0 Å². The molecule has 4 N–H and O–H groups in total. The van der Waals surface area contributed by atoms with Gasteiger partial charge in [-0.1, -0.05) is 11.6 Å². The second-order valence-electron chi connectivity index (χ2n) is 3.51. The molecule has 1 aromatic rings. The molecule has 0 fully saturated rings. The Kier molecular flexibility index (Phi) is 5.20. The number of nitrogen functional groups attached to an aromatic ring is 1. The molecule has 0 heterocycles. The molecule has 0 bridgehead atoms. The molecular weight excluding hydrogens is 264 g/mol. The van der Waals surface area contributed by atoms with Gasteiger partial charge in [0.25, 0.3) is 0 Å². The molecule has 0 saturated carbocycles. The second kappa shape index (κ2) is 6.20. The van der Waals surface area contributed by atoms with Crippen LogP contribution in [0.4, 0.5) is 5.69 Å². The maximum Gasteiger partial charge on any atom is 0.242 e. The normalized spacial score (nSPS) is 11.6. The van der Waals surface area contributed by atoms with Crippen molar-refractivity contribution in [2.45, 2.75) is 17.7 Å². The van der Waals surface area contributed by atoms with Crippen LogP contribution in [0, 0.1) is 0 Å². The summed E-state index contributed by atoms with van der Waals surface area (Å²) in [6, 6.07) is 4.23. The molecule has 7 heteroatoms. The zero-order valence-electron chi connectivity index (χ0n) is 9.19. The Bertz CT molecular complexity index is 476. The van der Waals surface area contributed by atoms with Gasteiger partial charge in [-0.3, -0.25) is 0 Å². The molecule has 0 amide bonds. The molecule has 0 spiro atoms. The van der Waals surface area contributed by atoms with Crippen LogP contribution < -0.4 is 10.5 Å². The summed E-state index contributed by atoms with van der Waals surface area (Å²) in [6.45, 7) is 0.315. The Labute approximate surface area is 106 Å². The number of halogens is 1. The molecule has 0 radical (unpaired) electrons. The molecule has 0 aliphatic rings. The van der Waals surface area contributed by atoms with Gasteiger partial charge in [-0.25, -0.2) is 13.1 Å². The molecule has 0 unspecified atom stereocenters. The number of sulfonamides is 1. The van der Waals surface area contributed by atoms with Crippen LogP contribution >= 0.6 is 11.6 Å². The van der Waals surface area contributed by atoms with Gasteiger partial charge in [0, 0.05) is 18.2 Å². The Morgan fingerprint density at radius 2 is 2.06 bits per heavy atom. The standard InChI is InChI=1S/C10H15ClN2O3S/c11-8-3-4-10(9(12)7-8)17(15,16)13-5-1-2-6-14/h3-4,7,13-14H,1-2,5-6,12H2. The largest absolute Gasteiger partial charge is 0.398 e. The zero-order chi connectivity index (χ0) is 12.9. The average molecular weight is 279 g/mol. The van der Waals surface area contributed by atoms with Crippen molar-refractivity contribution in [1.29, 1.82) is 0 Å². The summed E-state index contributed by atoms with van der Waals surface area (Å²) in [4.78, 5) is 0.0194. The van der Waals surface area contributed by atoms with Crippen LogP contribution in [0.25, 0.3) is 0 Å². The third-order valence-electron chi connectivity index (χ3n) is 2.14. The number of hydrogen-bond acceptors (Lipinski definition) is 4. The number of rotatable bonds is 6. The fraction of sp³-hybridized carbons (Fsp3) is 0.400. The van der Waals surface area contributed by atoms with Crippen LogP contribution in [0.15, 0.2) is 23.1 Å². The van der Waals surface area contributed by atoms with Crippen LogP contribution in [0.5, 0.6) is 0 Å². The minimum atomic E-state index is -3.60. The van der Waals surface area contributed by atoms with Gasteiger partial charge in [0.1, 0.15) is 4.90 Å². The lowest BCUT2D eigenvalue weighted by molar-refractivity contribution is 0.285. The van der Waals surface area contributed by atoms with E-state index in [0.717, 1.165) is 0 Å². The summed E-state index contributed by atoms with van der Waals surface area (Å²) in [5, 5.41) is 8.97. The minimum absolute atomic E-state index is 0.0194. The van der Waals surface area contributed by atoms with Crippen LogP contribution in [0.1, 0.15) is 12.8 Å². The third-order valence-corrected chi connectivity index (χ3v) is 3.91. The van der Waals surface area contributed by atoms with Gasteiger partial charge in [-0.05, 0) is 31.0 Å². The first-order valence-corrected chi connectivity index (χ1v) is 6.99. The van der Waals surface area contributed by atoms with E-state index >= 15 is 0 Å². The number of benzene rings is 1. The third kappa shape index (κ3) is 4.16. The lowest BCUT2D eigenvalue weighted by atomic mass is 10.3. The number of hydrogen-bond donors (Lipinski definition) is 3. The summed E-state index contributed by atoms with van der Waals surface area (Å²) in [5.74, 6) is 0. The highest BCUT2D eigenvalue weighted by Gasteiger charge is 2.16. The molecule has 96 valence electrons. The van der Waals surface area contributed by atoms with Crippen molar-refractivity contribution in [1.82, 2.24) is 4.72 Å². The van der Waals surface area contributed by atoms with E-state index < -0.39 is 10.0 Å². The highest BCUT2D eigenvalue weighted by molar-refractivity contribution is 7.89. The minimum Gasteiger partial charge on any atom is -0.398 e. The number of unbranched alkanes of at least 4 members (excludes halogenated alkanes) is 1. The van der Waals surface area contributed by atoms with E-state index in [1.165, 1.54) is 18.2 Å². The van der Waals surface area contributed by atoms with Gasteiger partial charge in [0.15, 0.2) is 0 Å². The van der Waals surface area contributed by atoms with Crippen molar-refractivity contribution < 1.29 is 13.5 Å². The van der Waals surface area contributed by atoms with Gasteiger partial charge in [-0.2, -0.15) is 0 Å². The summed E-state index contributed by atoms with van der Waals surface area (Å²) < 4.78 is 26.1. The van der Waals surface area contributed by atoms with E-state index in [4.69, 9.17) is 22.4 Å². The predicted molar refractivity (Wildman–Crippen MR) is 67.4 cm³/mol. The number of aliphatic hydroxyl groups is 1. The Morgan fingerprint density at radius 1 is 1.35 bits per heavy atom. The number of aliphatic hydroxyl groups excluding tert-OH is 1. The highest BCUT2D eigenvalue weighted by atomic mass is 35.5. The van der Waals surface area contributed by atoms with E-state index in [9.17, 15) is 8.42 Å². The summed E-state index contributed by atoms with van der Waals surface area (Å²) in [6.07, 6.45) is 1.13. The van der Waals surface area contributed by atoms with E-state index in [0.29, 0.717) is 17.9 Å². The topological polar surface area (TPSA) is 92.4 Å². The van der Waals surface area contributed by atoms with Gasteiger partial charge < -0.3 is 10.8 Å². The van der Waals surface area contributed by atoms with E-state index in [1.807, 2.05) is 0 Å². The highest BCUT2D eigenvalue weighted by Crippen LogP contribution is 2.22. The quantitative estimate of drug-likeness (QED) is 0.534. The maximum absolute atomic E-state index is 11.8. The van der Waals surface area contributed by atoms with Crippen LogP contribution in [-0.2, 0) is 10.0 Å². The number of nitrogens with two attached hydrogens (primary N) is 1. The lowest BCUT2D eigenvalue weighted by Crippen LogP contribution is -2.25. The van der Waals surface area contributed by atoms with Crippen molar-refractivity contribution in [2.24, 2.45) is 0 Å². The molecule has 0 atom stereocenters. The predicted octanol–water partition coefficient (Wildman–Crippen LogP) is 0.973. The van der Waals surface area contributed by atoms with Crippen molar-refractivity contribution >= 4 is 27.3 Å². The molecule has 1 aromatic carbocycles. The molecule has 0 saturated heterocycles. The van der Waals surface area contributed by atoms with Crippen LogP contribution in [-0.4, -0.2) is 26.7 Å². The molecule has 5 nitrogen and oxygen atoms in total. The Morgan fingerprint density at radius 3 is 2.65 bits per heavy atom. The average Bonchev–Trinajstić information content (AvgIpc) is 2.24. The summed E-state index contributed by atoms with van der Waals surface area (Å²) >= 11 is 5.69. The molecule has 1 rings (SSSR count). The smallest absolute Gasteiger partial charge is 0.242 e. The lowest BCUT2D eigenvalue weighted by Gasteiger charge is -2.08. The molecule has 17 heavy (non-hydrogen) atoms. The molecule has 0 aliphatic carbocycles. The van der Waals surface area contributed by atoms with Gasteiger partial charge >= 0.3 is 0 Å². The van der Waals surface area contributed by atoms with Gasteiger partial charge in [0.05, 0.1) is 5.69 Å². The first-order valence-electron chi connectivity index (χ1n) is 5.13. The monoisotopic (exact) mass is 278 g/mol. The maximum atomic E-state index is 11.8. The van der Waals surface area contributed by atoms with Crippen molar-refractivity contribution in [2.75, 3.05) is 18.9 Å². The van der Waals surface area contributed by atoms with Gasteiger partial charge in [-0.15, -0.1) is 0 Å². The number of nitrogens with one attached hydrogen (secondary N) is 1. The fourth-order valence-corrected chi connectivity index (χ4v) is 2.65. The SMILES string of the molecule is Nc1cc(Cl)ccc1S(=O)(=O)NCCCCO. The first kappa shape index (κ1) is 14.2. The Balaban J connectivity index is 2.76.